The van der Waals surface area contributed by atoms with Gasteiger partial charge in [-0.3, -0.25) is 14.5 Å². The minimum atomic E-state index is -0.576. The number of aromatic nitrogens is 1. The van der Waals surface area contributed by atoms with Gasteiger partial charge in [-0.2, -0.15) is 0 Å². The molecule has 0 saturated carbocycles. The summed E-state index contributed by atoms with van der Waals surface area (Å²) in [5.41, 5.74) is 2.37. The molecule has 0 fully saturated rings. The molecule has 2 amide bonds. The van der Waals surface area contributed by atoms with Crippen molar-refractivity contribution < 1.29 is 9.59 Å². The molecule has 0 spiro atoms. The lowest BCUT2D eigenvalue weighted by atomic mass is 10.1. The standard InChI is InChI=1S/C18H22N4O2S/c1-12(19-13(2)23)17(24)21-18-20-15-8-9-22(11-16(15)25-18)10-14-6-4-3-5-7-14/h3-7,12H,8-11H2,1-2H3,(H,19,23)(H,20,21,24). The van der Waals surface area contributed by atoms with Crippen molar-refractivity contribution >= 4 is 28.3 Å². The van der Waals surface area contributed by atoms with Crippen molar-refractivity contribution in [2.75, 3.05) is 11.9 Å². The fraction of sp³-hybridized carbons (Fsp3) is 0.389. The highest BCUT2D eigenvalue weighted by molar-refractivity contribution is 7.15. The molecule has 3 rings (SSSR count). The van der Waals surface area contributed by atoms with Gasteiger partial charge < -0.3 is 10.6 Å². The predicted molar refractivity (Wildman–Crippen MR) is 98.3 cm³/mol. The number of nitrogens with zero attached hydrogens (tertiary/aromatic N) is 2. The second-order valence-corrected chi connectivity index (χ2v) is 7.33. The lowest BCUT2D eigenvalue weighted by Crippen LogP contribution is -2.40. The van der Waals surface area contributed by atoms with E-state index in [1.54, 1.807) is 6.92 Å². The van der Waals surface area contributed by atoms with Crippen molar-refractivity contribution in [1.29, 1.82) is 0 Å². The molecule has 2 heterocycles. The molecule has 2 aromatic rings. The van der Waals surface area contributed by atoms with Gasteiger partial charge in [0.2, 0.25) is 11.8 Å². The third-order valence-corrected chi connectivity index (χ3v) is 5.10. The van der Waals surface area contributed by atoms with Crippen molar-refractivity contribution in [3.63, 3.8) is 0 Å². The third kappa shape index (κ3) is 4.64. The van der Waals surface area contributed by atoms with E-state index >= 15 is 0 Å². The van der Waals surface area contributed by atoms with Crippen molar-refractivity contribution in [2.24, 2.45) is 0 Å². The maximum atomic E-state index is 12.1. The van der Waals surface area contributed by atoms with Crippen LogP contribution in [0.3, 0.4) is 0 Å². The molecule has 1 aliphatic rings. The van der Waals surface area contributed by atoms with E-state index in [2.05, 4.69) is 44.8 Å². The molecular formula is C18H22N4O2S. The van der Waals surface area contributed by atoms with E-state index in [1.165, 1.54) is 28.7 Å². The van der Waals surface area contributed by atoms with E-state index < -0.39 is 6.04 Å². The molecule has 0 aliphatic carbocycles. The van der Waals surface area contributed by atoms with Crippen LogP contribution in [-0.2, 0) is 29.1 Å². The van der Waals surface area contributed by atoms with E-state index in [9.17, 15) is 9.59 Å². The van der Waals surface area contributed by atoms with Crippen molar-refractivity contribution in [3.05, 3.63) is 46.5 Å². The number of benzene rings is 1. The van der Waals surface area contributed by atoms with E-state index in [0.29, 0.717) is 5.13 Å². The van der Waals surface area contributed by atoms with Gasteiger partial charge in [0.15, 0.2) is 5.13 Å². The fourth-order valence-electron chi connectivity index (χ4n) is 2.86. The number of carbonyl (C=O) groups is 2. The number of fused-ring (bicyclic) bond motifs is 1. The Morgan fingerprint density at radius 2 is 2.08 bits per heavy atom. The molecule has 25 heavy (non-hydrogen) atoms. The molecule has 1 aliphatic heterocycles. The number of amides is 2. The molecule has 0 saturated heterocycles. The highest BCUT2D eigenvalue weighted by Crippen LogP contribution is 2.29. The Morgan fingerprint density at radius 1 is 1.32 bits per heavy atom. The topological polar surface area (TPSA) is 74.3 Å². The number of rotatable bonds is 5. The monoisotopic (exact) mass is 358 g/mol. The molecule has 1 aromatic carbocycles. The number of carbonyl (C=O) groups excluding carboxylic acids is 2. The van der Waals surface area contributed by atoms with Crippen molar-refractivity contribution in [1.82, 2.24) is 15.2 Å². The second kappa shape index (κ2) is 7.76. The van der Waals surface area contributed by atoms with E-state index in [4.69, 9.17) is 0 Å². The second-order valence-electron chi connectivity index (χ2n) is 6.25. The first-order chi connectivity index (χ1) is 12.0. The molecule has 2 N–H and O–H groups in total. The van der Waals surface area contributed by atoms with Crippen LogP contribution in [0.1, 0.15) is 30.0 Å². The van der Waals surface area contributed by atoms with Gasteiger partial charge in [-0.25, -0.2) is 4.98 Å². The molecule has 6 nitrogen and oxygen atoms in total. The highest BCUT2D eigenvalue weighted by Gasteiger charge is 2.22. The number of hydrogen-bond donors (Lipinski definition) is 2. The van der Waals surface area contributed by atoms with Crippen LogP contribution in [0, 0.1) is 0 Å². The summed E-state index contributed by atoms with van der Waals surface area (Å²) in [5, 5.41) is 5.99. The minimum Gasteiger partial charge on any atom is -0.345 e. The Balaban J connectivity index is 1.61. The molecule has 132 valence electrons. The largest absolute Gasteiger partial charge is 0.345 e. The van der Waals surface area contributed by atoms with E-state index in [1.807, 2.05) is 6.07 Å². The quantitative estimate of drug-likeness (QED) is 0.859. The lowest BCUT2D eigenvalue weighted by molar-refractivity contribution is -0.124. The summed E-state index contributed by atoms with van der Waals surface area (Å²) in [5.74, 6) is -0.472. The van der Waals surface area contributed by atoms with Crippen LogP contribution in [0.25, 0.3) is 0 Å². The summed E-state index contributed by atoms with van der Waals surface area (Å²) in [7, 11) is 0. The van der Waals surface area contributed by atoms with Gasteiger partial charge in [0.05, 0.1) is 5.69 Å². The lowest BCUT2D eigenvalue weighted by Gasteiger charge is -2.25. The number of hydrogen-bond acceptors (Lipinski definition) is 5. The van der Waals surface area contributed by atoms with Gasteiger partial charge in [-0.05, 0) is 12.5 Å². The first kappa shape index (κ1) is 17.6. The molecule has 1 atom stereocenters. The Kier molecular flexibility index (Phi) is 5.45. The van der Waals surface area contributed by atoms with Crippen LogP contribution in [0.2, 0.25) is 0 Å². The van der Waals surface area contributed by atoms with Crippen LogP contribution < -0.4 is 10.6 Å². The summed E-state index contributed by atoms with van der Waals surface area (Å²) in [4.78, 5) is 31.3. The van der Waals surface area contributed by atoms with E-state index in [-0.39, 0.29) is 11.8 Å². The Hall–Kier alpha value is -2.25. The zero-order valence-electron chi connectivity index (χ0n) is 14.4. The van der Waals surface area contributed by atoms with Crippen molar-refractivity contribution in [3.8, 4) is 0 Å². The third-order valence-electron chi connectivity index (χ3n) is 4.10. The van der Waals surface area contributed by atoms with Crippen LogP contribution in [0.5, 0.6) is 0 Å². The summed E-state index contributed by atoms with van der Waals surface area (Å²) in [6.07, 6.45) is 0.885. The molecule has 1 unspecified atom stereocenters. The van der Waals surface area contributed by atoms with Crippen LogP contribution in [0.4, 0.5) is 5.13 Å². The zero-order chi connectivity index (χ0) is 17.8. The highest BCUT2D eigenvalue weighted by atomic mass is 32.1. The van der Waals surface area contributed by atoms with Gasteiger partial charge in [-0.15, -0.1) is 11.3 Å². The zero-order valence-corrected chi connectivity index (χ0v) is 15.2. The Morgan fingerprint density at radius 3 is 2.80 bits per heavy atom. The normalized spacial score (nSPS) is 15.3. The van der Waals surface area contributed by atoms with Crippen LogP contribution >= 0.6 is 11.3 Å². The summed E-state index contributed by atoms with van der Waals surface area (Å²) in [6, 6.07) is 9.84. The molecule has 0 radical (unpaired) electrons. The Bertz CT molecular complexity index is 760. The minimum absolute atomic E-state index is 0.224. The summed E-state index contributed by atoms with van der Waals surface area (Å²) in [6.45, 7) is 5.78. The maximum absolute atomic E-state index is 12.1. The van der Waals surface area contributed by atoms with Gasteiger partial charge in [-0.1, -0.05) is 30.3 Å². The maximum Gasteiger partial charge on any atom is 0.248 e. The smallest absolute Gasteiger partial charge is 0.248 e. The average molecular weight is 358 g/mol. The van der Waals surface area contributed by atoms with Gasteiger partial charge in [0.25, 0.3) is 0 Å². The fourth-order valence-corrected chi connectivity index (χ4v) is 3.92. The molecule has 0 bridgehead atoms. The first-order valence-electron chi connectivity index (χ1n) is 8.34. The number of anilines is 1. The number of nitrogens with one attached hydrogen (secondary N) is 2. The van der Waals surface area contributed by atoms with Gasteiger partial charge in [0, 0.05) is 37.9 Å². The number of thiazole rings is 1. The van der Waals surface area contributed by atoms with Crippen molar-refractivity contribution in [2.45, 2.75) is 39.4 Å². The van der Waals surface area contributed by atoms with Crippen LogP contribution in [-0.4, -0.2) is 34.3 Å². The predicted octanol–water partition coefficient (Wildman–Crippen LogP) is 2.16. The van der Waals surface area contributed by atoms with Gasteiger partial charge >= 0.3 is 0 Å². The van der Waals surface area contributed by atoms with Gasteiger partial charge in [0.1, 0.15) is 6.04 Å². The summed E-state index contributed by atoms with van der Waals surface area (Å²) >= 11 is 1.52. The Labute approximate surface area is 151 Å². The molecule has 7 heteroatoms. The SMILES string of the molecule is CC(=O)NC(C)C(=O)Nc1nc2c(s1)CN(Cc1ccccc1)CC2. The average Bonchev–Trinajstić information content (AvgIpc) is 2.96. The van der Waals surface area contributed by atoms with Crippen LogP contribution in [0.15, 0.2) is 30.3 Å². The first-order valence-corrected chi connectivity index (χ1v) is 9.15. The molecular weight excluding hydrogens is 336 g/mol. The molecule has 1 aromatic heterocycles. The van der Waals surface area contributed by atoms with E-state index in [0.717, 1.165) is 31.7 Å². The summed E-state index contributed by atoms with van der Waals surface area (Å²) < 4.78 is 0.